The second kappa shape index (κ2) is 8.20. The van der Waals surface area contributed by atoms with Crippen LogP contribution in [0.3, 0.4) is 0 Å². The Morgan fingerprint density at radius 2 is 1.90 bits per heavy atom. The zero-order valence-electron chi connectivity index (χ0n) is 12.3. The molecule has 2 aromatic carbocycles. The van der Waals surface area contributed by atoms with Crippen molar-refractivity contribution in [2.75, 3.05) is 7.11 Å². The molecule has 3 heteroatoms. The van der Waals surface area contributed by atoms with Crippen molar-refractivity contribution in [1.29, 1.82) is 0 Å². The summed E-state index contributed by atoms with van der Waals surface area (Å²) in [6, 6.07) is 16.2. The van der Waals surface area contributed by atoms with E-state index in [1.807, 2.05) is 24.3 Å². The summed E-state index contributed by atoms with van der Waals surface area (Å²) in [7, 11) is 1.66. The van der Waals surface area contributed by atoms with Crippen molar-refractivity contribution in [3.8, 4) is 5.75 Å². The number of methoxy groups -OCH3 is 1. The molecule has 2 rings (SSSR count). The minimum atomic E-state index is -0.322. The maximum Gasteiger partial charge on any atom is 0.119 e. The number of aliphatic hydroxyl groups is 1. The average Bonchev–Trinajstić information content (AvgIpc) is 2.50. The molecule has 1 unspecified atom stereocenters. The molecule has 0 fully saturated rings. The highest BCUT2D eigenvalue weighted by atomic mass is 79.9. The molecule has 2 nitrogen and oxygen atoms in total. The van der Waals surface area contributed by atoms with Gasteiger partial charge in [-0.15, -0.1) is 0 Å². The summed E-state index contributed by atoms with van der Waals surface area (Å²) in [5.41, 5.74) is 2.41. The van der Waals surface area contributed by atoms with Crippen LogP contribution >= 0.6 is 15.9 Å². The van der Waals surface area contributed by atoms with E-state index in [9.17, 15) is 5.11 Å². The van der Waals surface area contributed by atoms with Gasteiger partial charge in [-0.3, -0.25) is 0 Å². The summed E-state index contributed by atoms with van der Waals surface area (Å²) < 4.78 is 6.25. The van der Waals surface area contributed by atoms with E-state index in [4.69, 9.17) is 4.74 Å². The van der Waals surface area contributed by atoms with Gasteiger partial charge in [-0.2, -0.15) is 0 Å². The van der Waals surface area contributed by atoms with Crippen molar-refractivity contribution in [1.82, 2.24) is 0 Å². The first-order valence-corrected chi connectivity index (χ1v) is 8.02. The van der Waals surface area contributed by atoms with E-state index in [-0.39, 0.29) is 6.10 Å². The first kappa shape index (κ1) is 16.1. The molecular formula is C18H21BrO2. The number of ether oxygens (including phenoxy) is 1. The minimum Gasteiger partial charge on any atom is -0.497 e. The number of hydrogen-bond donors (Lipinski definition) is 1. The Hall–Kier alpha value is -1.32. The van der Waals surface area contributed by atoms with Crippen LogP contribution < -0.4 is 4.74 Å². The Bertz CT molecular complexity index is 554. The van der Waals surface area contributed by atoms with Crippen LogP contribution in [0.2, 0.25) is 0 Å². The summed E-state index contributed by atoms with van der Waals surface area (Å²) in [5, 5.41) is 10.2. The topological polar surface area (TPSA) is 29.5 Å². The van der Waals surface area contributed by atoms with Gasteiger partial charge >= 0.3 is 0 Å². The molecule has 1 N–H and O–H groups in total. The Kier molecular flexibility index (Phi) is 6.27. The highest BCUT2D eigenvalue weighted by Crippen LogP contribution is 2.24. The van der Waals surface area contributed by atoms with Gasteiger partial charge in [-0.25, -0.2) is 0 Å². The molecule has 0 aliphatic carbocycles. The molecule has 21 heavy (non-hydrogen) atoms. The first-order chi connectivity index (χ1) is 10.2. The molecule has 0 saturated heterocycles. The molecule has 2 aromatic rings. The molecule has 0 radical (unpaired) electrons. The van der Waals surface area contributed by atoms with E-state index < -0.39 is 0 Å². The summed E-state index contributed by atoms with van der Waals surface area (Å²) >= 11 is 3.53. The van der Waals surface area contributed by atoms with Gasteiger partial charge in [-0.1, -0.05) is 46.3 Å². The SMILES string of the molecule is COc1ccc(Br)c(CC(O)CCCc2ccccc2)c1. The molecule has 1 atom stereocenters. The highest BCUT2D eigenvalue weighted by molar-refractivity contribution is 9.10. The number of aryl methyl sites for hydroxylation is 1. The van der Waals surface area contributed by atoms with Crippen molar-refractivity contribution in [3.63, 3.8) is 0 Å². The van der Waals surface area contributed by atoms with Crippen molar-refractivity contribution in [3.05, 3.63) is 64.1 Å². The summed E-state index contributed by atoms with van der Waals surface area (Å²) in [4.78, 5) is 0. The number of benzene rings is 2. The van der Waals surface area contributed by atoms with E-state index >= 15 is 0 Å². The Labute approximate surface area is 134 Å². The van der Waals surface area contributed by atoms with Gasteiger partial charge < -0.3 is 9.84 Å². The van der Waals surface area contributed by atoms with Crippen molar-refractivity contribution < 1.29 is 9.84 Å². The van der Waals surface area contributed by atoms with E-state index in [0.29, 0.717) is 6.42 Å². The summed E-state index contributed by atoms with van der Waals surface area (Å²) in [6.45, 7) is 0. The number of hydrogen-bond acceptors (Lipinski definition) is 2. The van der Waals surface area contributed by atoms with Gasteiger partial charge in [0.1, 0.15) is 5.75 Å². The zero-order valence-corrected chi connectivity index (χ0v) is 13.8. The normalized spacial score (nSPS) is 12.1. The molecule has 0 aliphatic heterocycles. The quantitative estimate of drug-likeness (QED) is 0.804. The van der Waals surface area contributed by atoms with Gasteiger partial charge in [0.05, 0.1) is 13.2 Å². The van der Waals surface area contributed by atoms with Crippen LogP contribution in [0, 0.1) is 0 Å². The van der Waals surface area contributed by atoms with Gasteiger partial charge in [0.25, 0.3) is 0 Å². The largest absolute Gasteiger partial charge is 0.497 e. The summed E-state index contributed by atoms with van der Waals surface area (Å²) in [6.07, 6.45) is 3.13. The molecule has 0 heterocycles. The third-order valence-electron chi connectivity index (χ3n) is 3.55. The highest BCUT2D eigenvalue weighted by Gasteiger charge is 2.09. The third-order valence-corrected chi connectivity index (χ3v) is 4.33. The van der Waals surface area contributed by atoms with Crippen LogP contribution in [0.15, 0.2) is 53.0 Å². The Balaban J connectivity index is 1.83. The molecule has 0 aliphatic rings. The number of aliphatic hydroxyl groups excluding tert-OH is 1. The van der Waals surface area contributed by atoms with Crippen LogP contribution in [0.4, 0.5) is 0 Å². The molecule has 0 bridgehead atoms. The smallest absolute Gasteiger partial charge is 0.119 e. The molecular weight excluding hydrogens is 328 g/mol. The maximum atomic E-state index is 10.2. The van der Waals surface area contributed by atoms with E-state index in [0.717, 1.165) is 35.0 Å². The van der Waals surface area contributed by atoms with E-state index in [1.54, 1.807) is 7.11 Å². The van der Waals surface area contributed by atoms with Gasteiger partial charge in [0.2, 0.25) is 0 Å². The van der Waals surface area contributed by atoms with Crippen LogP contribution in [-0.2, 0) is 12.8 Å². The average molecular weight is 349 g/mol. The lowest BCUT2D eigenvalue weighted by atomic mass is 10.0. The Morgan fingerprint density at radius 3 is 2.62 bits per heavy atom. The van der Waals surface area contributed by atoms with Crippen LogP contribution in [-0.4, -0.2) is 18.3 Å². The second-order valence-corrected chi connectivity index (χ2v) is 6.05. The van der Waals surface area contributed by atoms with Crippen LogP contribution in [0.1, 0.15) is 24.0 Å². The summed E-state index contributed by atoms with van der Waals surface area (Å²) in [5.74, 6) is 0.824. The lowest BCUT2D eigenvalue weighted by molar-refractivity contribution is 0.162. The molecule has 0 spiro atoms. The van der Waals surface area contributed by atoms with Crippen molar-refractivity contribution >= 4 is 15.9 Å². The minimum absolute atomic E-state index is 0.322. The van der Waals surface area contributed by atoms with Crippen LogP contribution in [0.5, 0.6) is 5.75 Å². The van der Waals surface area contributed by atoms with Gasteiger partial charge in [-0.05, 0) is 55.0 Å². The molecule has 0 saturated carbocycles. The number of rotatable bonds is 7. The fourth-order valence-corrected chi connectivity index (χ4v) is 2.79. The molecule has 0 aromatic heterocycles. The predicted molar refractivity (Wildman–Crippen MR) is 89.8 cm³/mol. The predicted octanol–water partition coefficient (Wildman–Crippen LogP) is 4.38. The fraction of sp³-hybridized carbons (Fsp3) is 0.333. The fourth-order valence-electron chi connectivity index (χ4n) is 2.38. The third kappa shape index (κ3) is 5.18. The lowest BCUT2D eigenvalue weighted by Crippen LogP contribution is -2.11. The Morgan fingerprint density at radius 1 is 1.14 bits per heavy atom. The lowest BCUT2D eigenvalue weighted by Gasteiger charge is -2.13. The van der Waals surface area contributed by atoms with E-state index in [2.05, 4.69) is 40.2 Å². The second-order valence-electron chi connectivity index (χ2n) is 5.19. The van der Waals surface area contributed by atoms with E-state index in [1.165, 1.54) is 5.56 Å². The van der Waals surface area contributed by atoms with Crippen LogP contribution in [0.25, 0.3) is 0 Å². The molecule has 112 valence electrons. The molecule has 0 amide bonds. The maximum absolute atomic E-state index is 10.2. The zero-order chi connectivity index (χ0) is 15.1. The van der Waals surface area contributed by atoms with Crippen molar-refractivity contribution in [2.24, 2.45) is 0 Å². The van der Waals surface area contributed by atoms with Gasteiger partial charge in [0.15, 0.2) is 0 Å². The van der Waals surface area contributed by atoms with Gasteiger partial charge in [0, 0.05) is 4.47 Å². The van der Waals surface area contributed by atoms with Crippen molar-refractivity contribution in [2.45, 2.75) is 31.8 Å². The first-order valence-electron chi connectivity index (χ1n) is 7.23. The monoisotopic (exact) mass is 348 g/mol. The number of halogens is 1. The standard InChI is InChI=1S/C18H21BrO2/c1-21-17-10-11-18(19)15(13-17)12-16(20)9-5-8-14-6-3-2-4-7-14/h2-4,6-7,10-11,13,16,20H,5,8-9,12H2,1H3.